The molecule has 0 N–H and O–H groups in total. The highest BCUT2D eigenvalue weighted by Crippen LogP contribution is 2.33. The minimum atomic E-state index is -0.802. The first-order valence-corrected chi connectivity index (χ1v) is 6.34. The second kappa shape index (κ2) is 5.23. The van der Waals surface area contributed by atoms with Crippen LogP contribution in [-0.2, 0) is 14.3 Å². The number of methoxy groups -OCH3 is 1. The van der Waals surface area contributed by atoms with E-state index in [4.69, 9.17) is 9.47 Å². The maximum Gasteiger partial charge on any atom is 0.410 e. The van der Waals surface area contributed by atoms with Gasteiger partial charge in [-0.15, -0.1) is 0 Å². The molecular formula is C14H23NO4. The lowest BCUT2D eigenvalue weighted by Crippen LogP contribution is -2.49. The van der Waals surface area contributed by atoms with Crippen molar-refractivity contribution in [1.82, 2.24) is 4.90 Å². The third-order valence-corrected chi connectivity index (χ3v) is 3.28. The minimum Gasteiger partial charge on any atom is -0.468 e. The van der Waals surface area contributed by atoms with Crippen LogP contribution in [0.15, 0.2) is 11.6 Å². The molecule has 5 heteroatoms. The molecule has 0 aromatic heterocycles. The molecule has 0 aromatic rings. The number of ether oxygens (including phenoxy) is 2. The molecule has 0 aliphatic carbocycles. The molecule has 5 nitrogen and oxygen atoms in total. The molecule has 19 heavy (non-hydrogen) atoms. The zero-order valence-electron chi connectivity index (χ0n) is 12.6. The predicted octanol–water partition coefficient (Wildman–Crippen LogP) is 2.36. The van der Waals surface area contributed by atoms with Crippen LogP contribution >= 0.6 is 0 Å². The lowest BCUT2D eigenvalue weighted by atomic mass is 9.80. The Morgan fingerprint density at radius 1 is 1.37 bits per heavy atom. The van der Waals surface area contributed by atoms with Crippen LogP contribution in [0, 0.1) is 5.41 Å². The van der Waals surface area contributed by atoms with Gasteiger partial charge in [-0.3, -0.25) is 4.79 Å². The Labute approximate surface area is 114 Å². The summed E-state index contributed by atoms with van der Waals surface area (Å²) in [6.45, 7) is 9.83. The second-order valence-corrected chi connectivity index (χ2v) is 6.07. The van der Waals surface area contributed by atoms with Crippen molar-refractivity contribution in [2.24, 2.45) is 5.41 Å². The Bertz CT molecular complexity index is 408. The number of hydrogen-bond acceptors (Lipinski definition) is 4. The molecule has 1 heterocycles. The highest BCUT2D eigenvalue weighted by Gasteiger charge is 2.42. The summed E-state index contributed by atoms with van der Waals surface area (Å²) in [4.78, 5) is 25.5. The van der Waals surface area contributed by atoms with Crippen LogP contribution in [0.4, 0.5) is 4.79 Å². The molecule has 0 bridgehead atoms. The maximum atomic E-state index is 12.0. The standard InChI is InChI=1S/C14H23NO4/c1-10-7-8-15(12(17)19-13(2,3)4)9-14(10,5)11(16)18-6/h7H,8-9H2,1-6H3. The minimum absolute atomic E-state index is 0.275. The SMILES string of the molecule is COC(=O)C1(C)CN(C(=O)OC(C)(C)C)CC=C1C. The highest BCUT2D eigenvalue weighted by atomic mass is 16.6. The number of esters is 1. The fraction of sp³-hybridized carbons (Fsp3) is 0.714. The quantitative estimate of drug-likeness (QED) is 0.541. The van der Waals surface area contributed by atoms with Gasteiger partial charge in [0.15, 0.2) is 0 Å². The summed E-state index contributed by atoms with van der Waals surface area (Å²) >= 11 is 0. The largest absolute Gasteiger partial charge is 0.468 e. The van der Waals surface area contributed by atoms with Gasteiger partial charge in [-0.25, -0.2) is 4.79 Å². The van der Waals surface area contributed by atoms with Crippen molar-refractivity contribution < 1.29 is 19.1 Å². The van der Waals surface area contributed by atoms with Gasteiger partial charge >= 0.3 is 12.1 Å². The molecule has 1 rings (SSSR count). The summed E-state index contributed by atoms with van der Waals surface area (Å²) in [6, 6.07) is 0. The van der Waals surface area contributed by atoms with E-state index in [1.54, 1.807) is 6.92 Å². The molecular weight excluding hydrogens is 246 g/mol. The summed E-state index contributed by atoms with van der Waals surface area (Å²) in [6.07, 6.45) is 1.45. The third kappa shape index (κ3) is 3.49. The monoisotopic (exact) mass is 269 g/mol. The van der Waals surface area contributed by atoms with Crippen LogP contribution in [0.1, 0.15) is 34.6 Å². The first kappa shape index (κ1) is 15.5. The van der Waals surface area contributed by atoms with Crippen molar-refractivity contribution in [3.63, 3.8) is 0 Å². The van der Waals surface area contributed by atoms with Crippen molar-refractivity contribution >= 4 is 12.1 Å². The lowest BCUT2D eigenvalue weighted by Gasteiger charge is -2.38. The van der Waals surface area contributed by atoms with E-state index in [2.05, 4.69) is 0 Å². The van der Waals surface area contributed by atoms with E-state index in [-0.39, 0.29) is 12.5 Å². The van der Waals surface area contributed by atoms with Crippen LogP contribution in [0.2, 0.25) is 0 Å². The van der Waals surface area contributed by atoms with E-state index in [0.29, 0.717) is 6.54 Å². The molecule has 1 amide bonds. The van der Waals surface area contributed by atoms with E-state index in [1.807, 2.05) is 33.8 Å². The van der Waals surface area contributed by atoms with Gasteiger partial charge in [0.1, 0.15) is 11.0 Å². The molecule has 0 saturated heterocycles. The summed E-state index contributed by atoms with van der Waals surface area (Å²) in [5, 5.41) is 0. The number of rotatable bonds is 1. The second-order valence-electron chi connectivity index (χ2n) is 6.07. The molecule has 0 fully saturated rings. The first-order chi connectivity index (χ1) is 8.60. The van der Waals surface area contributed by atoms with Crippen molar-refractivity contribution in [3.8, 4) is 0 Å². The van der Waals surface area contributed by atoms with Gasteiger partial charge in [-0.05, 0) is 34.6 Å². The molecule has 0 radical (unpaired) electrons. The van der Waals surface area contributed by atoms with Crippen molar-refractivity contribution in [1.29, 1.82) is 0 Å². The van der Waals surface area contributed by atoms with E-state index in [1.165, 1.54) is 12.0 Å². The normalized spacial score (nSPS) is 23.7. The number of nitrogens with zero attached hydrogens (tertiary/aromatic N) is 1. The number of amides is 1. The van der Waals surface area contributed by atoms with Gasteiger partial charge in [-0.2, -0.15) is 0 Å². The van der Waals surface area contributed by atoms with Gasteiger partial charge in [0.05, 0.1) is 7.11 Å². The predicted molar refractivity (Wildman–Crippen MR) is 71.7 cm³/mol. The molecule has 0 saturated carbocycles. The van der Waals surface area contributed by atoms with E-state index in [0.717, 1.165) is 5.57 Å². The smallest absolute Gasteiger partial charge is 0.410 e. The fourth-order valence-corrected chi connectivity index (χ4v) is 1.96. The van der Waals surface area contributed by atoms with E-state index in [9.17, 15) is 9.59 Å². The van der Waals surface area contributed by atoms with Crippen LogP contribution in [0.5, 0.6) is 0 Å². The summed E-state index contributed by atoms with van der Waals surface area (Å²) in [5.74, 6) is -0.338. The summed E-state index contributed by atoms with van der Waals surface area (Å²) in [7, 11) is 1.35. The van der Waals surface area contributed by atoms with Gasteiger partial charge in [0, 0.05) is 13.1 Å². The molecule has 1 atom stereocenters. The van der Waals surface area contributed by atoms with Gasteiger partial charge < -0.3 is 14.4 Å². The molecule has 108 valence electrons. The summed E-state index contributed by atoms with van der Waals surface area (Å²) < 4.78 is 10.2. The third-order valence-electron chi connectivity index (χ3n) is 3.28. The van der Waals surface area contributed by atoms with Gasteiger partial charge in [0.25, 0.3) is 0 Å². The fourth-order valence-electron chi connectivity index (χ4n) is 1.96. The van der Waals surface area contributed by atoms with Crippen LogP contribution < -0.4 is 0 Å². The lowest BCUT2D eigenvalue weighted by molar-refractivity contribution is -0.150. The van der Waals surface area contributed by atoms with Crippen LogP contribution in [0.3, 0.4) is 0 Å². The molecule has 0 aromatic carbocycles. The number of carbonyl (C=O) groups is 2. The Kier molecular flexibility index (Phi) is 4.28. The average molecular weight is 269 g/mol. The van der Waals surface area contributed by atoms with E-state index < -0.39 is 17.1 Å². The average Bonchev–Trinajstić information content (AvgIpc) is 2.29. The topological polar surface area (TPSA) is 55.8 Å². The van der Waals surface area contributed by atoms with Crippen molar-refractivity contribution in [2.45, 2.75) is 40.2 Å². The van der Waals surface area contributed by atoms with Gasteiger partial charge in [-0.1, -0.05) is 11.6 Å². The molecule has 1 unspecified atom stereocenters. The van der Waals surface area contributed by atoms with Gasteiger partial charge in [0.2, 0.25) is 0 Å². The van der Waals surface area contributed by atoms with Crippen molar-refractivity contribution in [3.05, 3.63) is 11.6 Å². The Hall–Kier alpha value is -1.52. The number of carbonyl (C=O) groups excluding carboxylic acids is 2. The van der Waals surface area contributed by atoms with Crippen LogP contribution in [-0.4, -0.2) is 42.8 Å². The molecule has 0 spiro atoms. The first-order valence-electron chi connectivity index (χ1n) is 6.34. The zero-order chi connectivity index (χ0) is 14.8. The number of hydrogen-bond donors (Lipinski definition) is 0. The van der Waals surface area contributed by atoms with E-state index >= 15 is 0 Å². The molecule has 1 aliphatic heterocycles. The molecule has 1 aliphatic rings. The Morgan fingerprint density at radius 3 is 2.42 bits per heavy atom. The highest BCUT2D eigenvalue weighted by molar-refractivity contribution is 5.82. The Morgan fingerprint density at radius 2 is 1.95 bits per heavy atom. The van der Waals surface area contributed by atoms with Crippen molar-refractivity contribution in [2.75, 3.05) is 20.2 Å². The Balaban J connectivity index is 2.88. The zero-order valence-corrected chi connectivity index (χ0v) is 12.6. The summed E-state index contributed by atoms with van der Waals surface area (Å²) in [5.41, 5.74) is -0.432. The van der Waals surface area contributed by atoms with Crippen LogP contribution in [0.25, 0.3) is 0 Å². The maximum absolute atomic E-state index is 12.0.